The lowest BCUT2D eigenvalue weighted by Gasteiger charge is -2.47. The highest BCUT2D eigenvalue weighted by Gasteiger charge is 2.73. The van der Waals surface area contributed by atoms with E-state index in [4.69, 9.17) is 5.73 Å². The highest BCUT2D eigenvalue weighted by atomic mass is 32.2. The molecule has 1 aromatic heterocycles. The lowest BCUT2D eigenvalue weighted by Crippen LogP contribution is -2.77. The monoisotopic (exact) mass is 401 g/mol. The van der Waals surface area contributed by atoms with Crippen LogP contribution in [0.5, 0.6) is 0 Å². The summed E-state index contributed by atoms with van der Waals surface area (Å²) in [5.41, 5.74) is 6.78. The minimum atomic E-state index is -2.65. The summed E-state index contributed by atoms with van der Waals surface area (Å²) in [6.45, 7) is 6.95. The maximum atomic E-state index is 15.3. The Bertz CT molecular complexity index is 811. The van der Waals surface area contributed by atoms with Crippen molar-refractivity contribution in [3.8, 4) is 0 Å². The van der Waals surface area contributed by atoms with Crippen molar-refractivity contribution >= 4 is 40.9 Å². The number of halogens is 1. The number of carbonyl (C=O) groups is 3. The van der Waals surface area contributed by atoms with Gasteiger partial charge in [0, 0.05) is 14.5 Å². The summed E-state index contributed by atoms with van der Waals surface area (Å²) in [7, 11) is 0. The van der Waals surface area contributed by atoms with Crippen molar-refractivity contribution in [3.63, 3.8) is 0 Å². The highest BCUT2D eigenvalue weighted by molar-refractivity contribution is 8.01. The largest absolute Gasteiger partial charge is 0.480 e. The van der Waals surface area contributed by atoms with E-state index in [1.165, 1.54) is 11.3 Å². The van der Waals surface area contributed by atoms with Crippen LogP contribution in [0.2, 0.25) is 0 Å². The fraction of sp³-hybridized carbons (Fsp3) is 0.562. The molecule has 1 unspecified atom stereocenters. The number of aryl methyl sites for hydroxylation is 2. The molecule has 0 radical (unpaired) electrons. The molecule has 2 saturated heterocycles. The molecule has 1 aromatic rings. The van der Waals surface area contributed by atoms with Gasteiger partial charge in [-0.2, -0.15) is 0 Å². The van der Waals surface area contributed by atoms with Crippen LogP contribution in [0, 0.1) is 13.8 Å². The number of alkyl halides is 1. The topological polar surface area (TPSA) is 113 Å². The van der Waals surface area contributed by atoms with Gasteiger partial charge in [-0.15, -0.1) is 23.1 Å². The van der Waals surface area contributed by atoms with E-state index in [1.807, 2.05) is 13.0 Å². The third-order valence-electron chi connectivity index (χ3n) is 4.67. The van der Waals surface area contributed by atoms with Gasteiger partial charge >= 0.3 is 5.97 Å². The Kier molecular flexibility index (Phi) is 4.36. The average Bonchev–Trinajstić information content (AvgIpc) is 3.00. The molecule has 3 rings (SSSR count). The first-order valence-corrected chi connectivity index (χ1v) is 9.66. The van der Waals surface area contributed by atoms with Crippen molar-refractivity contribution in [3.05, 3.63) is 21.4 Å². The molecule has 0 bridgehead atoms. The zero-order chi connectivity index (χ0) is 19.6. The fourth-order valence-corrected chi connectivity index (χ4v) is 6.09. The molecule has 26 heavy (non-hydrogen) atoms. The maximum Gasteiger partial charge on any atom is 0.327 e. The van der Waals surface area contributed by atoms with Crippen LogP contribution in [0.15, 0.2) is 6.07 Å². The normalized spacial score (nSPS) is 30.5. The first-order chi connectivity index (χ1) is 11.9. The summed E-state index contributed by atoms with van der Waals surface area (Å²) in [5.74, 6) is -5.70. The number of hydrogen-bond acceptors (Lipinski definition) is 6. The van der Waals surface area contributed by atoms with Crippen LogP contribution < -0.4 is 11.1 Å². The molecule has 3 heterocycles. The Hall–Kier alpha value is -1.65. The number of carboxylic acid groups (broad SMARTS) is 1. The molecule has 7 nitrogen and oxygen atoms in total. The van der Waals surface area contributed by atoms with Crippen molar-refractivity contribution < 1.29 is 23.9 Å². The number of thioether (sulfide) groups is 1. The van der Waals surface area contributed by atoms with Crippen LogP contribution in [0.1, 0.15) is 35.2 Å². The lowest BCUT2D eigenvalue weighted by molar-refractivity contribution is -0.182. The second-order valence-electron chi connectivity index (χ2n) is 7.11. The molecule has 142 valence electrons. The predicted molar refractivity (Wildman–Crippen MR) is 96.4 cm³/mol. The molecule has 2 aliphatic rings. The minimum Gasteiger partial charge on any atom is -0.480 e. The number of rotatable bonds is 4. The van der Waals surface area contributed by atoms with E-state index >= 15 is 4.39 Å². The lowest BCUT2D eigenvalue weighted by atomic mass is 9.94. The van der Waals surface area contributed by atoms with Crippen molar-refractivity contribution in [1.82, 2.24) is 10.2 Å². The van der Waals surface area contributed by atoms with E-state index in [1.54, 1.807) is 20.8 Å². The van der Waals surface area contributed by atoms with Crippen molar-refractivity contribution in [2.24, 2.45) is 5.73 Å². The quantitative estimate of drug-likeness (QED) is 0.518. The number of nitrogens with zero attached hydrogens (tertiary/aromatic N) is 1. The smallest absolute Gasteiger partial charge is 0.327 e. The Labute approximate surface area is 158 Å². The second kappa shape index (κ2) is 5.93. The Balaban J connectivity index is 1.80. The average molecular weight is 401 g/mol. The molecule has 2 aliphatic heterocycles. The molecular formula is C16H20FN3O4S2. The van der Waals surface area contributed by atoms with Crippen LogP contribution in [-0.4, -0.2) is 49.7 Å². The molecule has 0 spiro atoms. The van der Waals surface area contributed by atoms with Crippen LogP contribution in [0.3, 0.4) is 0 Å². The number of β-lactam (4-membered cyclic amide) rings is 1. The molecule has 2 amide bonds. The van der Waals surface area contributed by atoms with Crippen LogP contribution in [0.25, 0.3) is 0 Å². The highest BCUT2D eigenvalue weighted by Crippen LogP contribution is 2.55. The minimum absolute atomic E-state index is 0.607. The SMILES string of the molecule is Cc1cc(C)c(C(N)C(=O)N[C@@]2(F)C(=O)N3[C@@H](C(=O)O)C(C)(C)S[C@@H]32)s1. The van der Waals surface area contributed by atoms with Crippen LogP contribution >= 0.6 is 23.1 Å². The number of nitrogens with two attached hydrogens (primary N) is 1. The summed E-state index contributed by atoms with van der Waals surface area (Å²) < 4.78 is 14.4. The molecule has 0 aromatic carbocycles. The van der Waals surface area contributed by atoms with Gasteiger partial charge in [-0.25, -0.2) is 9.18 Å². The summed E-state index contributed by atoms with van der Waals surface area (Å²) in [5, 5.41) is 10.4. The molecular weight excluding hydrogens is 381 g/mol. The van der Waals surface area contributed by atoms with E-state index in [-0.39, 0.29) is 0 Å². The number of amides is 2. The van der Waals surface area contributed by atoms with E-state index in [0.717, 1.165) is 27.1 Å². The van der Waals surface area contributed by atoms with Crippen LogP contribution in [0.4, 0.5) is 4.39 Å². The third-order valence-corrected chi connectivity index (χ3v) is 7.52. The second-order valence-corrected chi connectivity index (χ2v) is 10.1. The number of fused-ring (bicyclic) bond motifs is 1. The number of carbonyl (C=O) groups excluding carboxylic acids is 2. The van der Waals surface area contributed by atoms with Crippen molar-refractivity contribution in [2.45, 2.75) is 55.7 Å². The zero-order valence-corrected chi connectivity index (χ0v) is 16.3. The Morgan fingerprint density at radius 2 is 2.04 bits per heavy atom. The van der Waals surface area contributed by atoms with E-state index in [2.05, 4.69) is 5.32 Å². The van der Waals surface area contributed by atoms with E-state index in [9.17, 15) is 19.5 Å². The van der Waals surface area contributed by atoms with Gasteiger partial charge in [0.2, 0.25) is 5.91 Å². The predicted octanol–water partition coefficient (Wildman–Crippen LogP) is 1.29. The molecule has 4 N–H and O–H groups in total. The number of nitrogens with one attached hydrogen (secondary N) is 1. The van der Waals surface area contributed by atoms with Crippen molar-refractivity contribution in [2.75, 3.05) is 0 Å². The molecule has 2 fully saturated rings. The molecule has 0 saturated carbocycles. The van der Waals surface area contributed by atoms with Gasteiger partial charge in [0.1, 0.15) is 17.5 Å². The maximum absolute atomic E-state index is 15.3. The number of carboxylic acids is 1. The first kappa shape index (κ1) is 19.1. The third kappa shape index (κ3) is 2.62. The number of thiophene rings is 1. The fourth-order valence-electron chi connectivity index (χ4n) is 3.48. The Morgan fingerprint density at radius 3 is 2.54 bits per heavy atom. The van der Waals surface area contributed by atoms with Crippen molar-refractivity contribution in [1.29, 1.82) is 0 Å². The van der Waals surface area contributed by atoms with Gasteiger partial charge in [-0.3, -0.25) is 9.59 Å². The molecule has 0 aliphatic carbocycles. The summed E-state index contributed by atoms with van der Waals surface area (Å²) in [6, 6.07) is -0.374. The van der Waals surface area contributed by atoms with E-state index < -0.39 is 45.8 Å². The first-order valence-electron chi connectivity index (χ1n) is 7.97. The van der Waals surface area contributed by atoms with Gasteiger partial charge in [0.15, 0.2) is 0 Å². The zero-order valence-electron chi connectivity index (χ0n) is 14.7. The van der Waals surface area contributed by atoms with Gasteiger partial charge in [0.25, 0.3) is 11.7 Å². The molecule has 10 heteroatoms. The van der Waals surface area contributed by atoms with Gasteiger partial charge in [-0.05, 0) is 39.3 Å². The summed E-state index contributed by atoms with van der Waals surface area (Å²) >= 11 is 2.36. The number of aliphatic carboxylic acids is 1. The van der Waals surface area contributed by atoms with Gasteiger partial charge in [-0.1, -0.05) is 0 Å². The summed E-state index contributed by atoms with van der Waals surface area (Å²) in [4.78, 5) is 38.9. The van der Waals surface area contributed by atoms with Gasteiger partial charge < -0.3 is 21.1 Å². The standard InChI is InChI=1S/C16H20FN3O4S2/c1-6-5-7(2)25-9(6)8(18)11(21)19-16(17)13(24)20-10(12(22)23)15(3,4)26-14(16)20/h5,8,10,14H,18H2,1-4H3,(H,19,21)(H,22,23)/t8?,10-,14+,16-/m0/s1. The molecule has 4 atom stereocenters. The van der Waals surface area contributed by atoms with Crippen LogP contribution in [-0.2, 0) is 14.4 Å². The van der Waals surface area contributed by atoms with Gasteiger partial charge in [0.05, 0.1) is 0 Å². The summed E-state index contributed by atoms with van der Waals surface area (Å²) in [6.07, 6.45) is 0. The Morgan fingerprint density at radius 1 is 1.42 bits per heavy atom. The van der Waals surface area contributed by atoms with E-state index in [0.29, 0.717) is 4.88 Å². The number of hydrogen-bond donors (Lipinski definition) is 3.